The Morgan fingerprint density at radius 1 is 1.56 bits per heavy atom. The summed E-state index contributed by atoms with van der Waals surface area (Å²) in [5.74, 6) is 2.08. The van der Waals surface area contributed by atoms with Crippen molar-refractivity contribution in [1.82, 2.24) is 0 Å². The third kappa shape index (κ3) is 5.42. The average Bonchev–Trinajstić information content (AvgIpc) is 2.38. The molecule has 0 aliphatic rings. The van der Waals surface area contributed by atoms with Crippen LogP contribution in [0.2, 0.25) is 0 Å². The van der Waals surface area contributed by atoms with Crippen molar-refractivity contribution in [3.8, 4) is 5.75 Å². The van der Waals surface area contributed by atoms with E-state index in [4.69, 9.17) is 15.6 Å². The van der Waals surface area contributed by atoms with E-state index in [0.29, 0.717) is 24.8 Å². The third-order valence-corrected chi connectivity index (χ3v) is 3.64. The highest BCUT2D eigenvalue weighted by Crippen LogP contribution is 2.14. The fourth-order valence-electron chi connectivity index (χ4n) is 1.29. The second-order valence-corrected chi connectivity index (χ2v) is 5.25. The van der Waals surface area contributed by atoms with E-state index in [1.807, 2.05) is 0 Å². The van der Waals surface area contributed by atoms with E-state index in [9.17, 15) is 4.79 Å². The van der Waals surface area contributed by atoms with Crippen LogP contribution in [0.3, 0.4) is 0 Å². The first-order valence-corrected chi connectivity index (χ1v) is 7.03. The van der Waals surface area contributed by atoms with E-state index in [2.05, 4.69) is 6.92 Å². The van der Waals surface area contributed by atoms with Crippen molar-refractivity contribution in [3.05, 3.63) is 29.8 Å². The molecule has 4 nitrogen and oxygen atoms in total. The number of aromatic carboxylic acids is 1. The average molecular weight is 269 g/mol. The minimum absolute atomic E-state index is 0.247. The van der Waals surface area contributed by atoms with Gasteiger partial charge < -0.3 is 15.6 Å². The molecule has 0 fully saturated rings. The summed E-state index contributed by atoms with van der Waals surface area (Å²) in [6.45, 7) is 3.39. The lowest BCUT2D eigenvalue weighted by Gasteiger charge is -2.09. The molecule has 0 heterocycles. The van der Waals surface area contributed by atoms with Gasteiger partial charge in [0, 0.05) is 5.75 Å². The number of hydrogen-bond acceptors (Lipinski definition) is 4. The van der Waals surface area contributed by atoms with E-state index in [-0.39, 0.29) is 5.56 Å². The topological polar surface area (TPSA) is 72.5 Å². The molecule has 1 atom stereocenters. The molecule has 3 N–H and O–H groups in total. The molecule has 0 bridgehead atoms. The Balaban J connectivity index is 2.27. The molecule has 0 aliphatic heterocycles. The number of thioether (sulfide) groups is 1. The van der Waals surface area contributed by atoms with E-state index in [1.54, 1.807) is 30.0 Å². The maximum absolute atomic E-state index is 10.8. The van der Waals surface area contributed by atoms with Crippen LogP contribution in [0.1, 0.15) is 17.3 Å². The number of rotatable bonds is 8. The van der Waals surface area contributed by atoms with E-state index in [0.717, 1.165) is 11.5 Å². The standard InChI is InChI=1S/C13H19NO3S/c1-10(8-14)9-18-6-5-17-12-4-2-3-11(7-12)13(15)16/h2-4,7,10H,5-6,8-9,14H2,1H3,(H,15,16). The number of benzene rings is 1. The second kappa shape index (κ2) is 8.00. The quantitative estimate of drug-likeness (QED) is 0.707. The van der Waals surface area contributed by atoms with Gasteiger partial charge in [0.15, 0.2) is 0 Å². The van der Waals surface area contributed by atoms with Crippen molar-refractivity contribution in [3.63, 3.8) is 0 Å². The molecule has 1 unspecified atom stereocenters. The molecule has 0 saturated carbocycles. The maximum atomic E-state index is 10.8. The Kier molecular flexibility index (Phi) is 6.60. The summed E-state index contributed by atoms with van der Waals surface area (Å²) in [7, 11) is 0. The van der Waals surface area contributed by atoms with E-state index in [1.165, 1.54) is 6.07 Å². The highest BCUT2D eigenvalue weighted by molar-refractivity contribution is 7.99. The highest BCUT2D eigenvalue weighted by atomic mass is 32.2. The van der Waals surface area contributed by atoms with Crippen LogP contribution in [0.15, 0.2) is 24.3 Å². The first-order chi connectivity index (χ1) is 8.63. The lowest BCUT2D eigenvalue weighted by Crippen LogP contribution is -2.13. The number of carboxylic acids is 1. The van der Waals surface area contributed by atoms with Gasteiger partial charge in [0.05, 0.1) is 12.2 Å². The molecular formula is C13H19NO3S. The molecule has 0 spiro atoms. The smallest absolute Gasteiger partial charge is 0.335 e. The fourth-order valence-corrected chi connectivity index (χ4v) is 2.20. The summed E-state index contributed by atoms with van der Waals surface area (Å²) in [6.07, 6.45) is 0. The molecule has 0 radical (unpaired) electrons. The monoisotopic (exact) mass is 269 g/mol. The van der Waals surface area contributed by atoms with Crippen molar-refractivity contribution in [2.75, 3.05) is 24.7 Å². The van der Waals surface area contributed by atoms with Gasteiger partial charge in [0.25, 0.3) is 0 Å². The van der Waals surface area contributed by atoms with Crippen molar-refractivity contribution in [2.45, 2.75) is 6.92 Å². The van der Waals surface area contributed by atoms with Gasteiger partial charge in [-0.2, -0.15) is 11.8 Å². The molecule has 1 aromatic rings. The van der Waals surface area contributed by atoms with Crippen molar-refractivity contribution >= 4 is 17.7 Å². The minimum Gasteiger partial charge on any atom is -0.493 e. The summed E-state index contributed by atoms with van der Waals surface area (Å²) >= 11 is 1.79. The lowest BCUT2D eigenvalue weighted by molar-refractivity contribution is 0.0696. The van der Waals surface area contributed by atoms with Crippen LogP contribution >= 0.6 is 11.8 Å². The van der Waals surface area contributed by atoms with Gasteiger partial charge in [0.2, 0.25) is 0 Å². The number of ether oxygens (including phenoxy) is 1. The predicted octanol–water partition coefficient (Wildman–Crippen LogP) is 2.09. The van der Waals surface area contributed by atoms with E-state index >= 15 is 0 Å². The molecule has 100 valence electrons. The van der Waals surface area contributed by atoms with Crippen LogP contribution < -0.4 is 10.5 Å². The molecule has 0 amide bonds. The molecule has 0 saturated heterocycles. The SMILES string of the molecule is CC(CN)CSCCOc1cccc(C(=O)O)c1. The number of hydrogen-bond donors (Lipinski definition) is 2. The molecule has 0 aliphatic carbocycles. The van der Waals surface area contributed by atoms with Crippen molar-refractivity contribution in [1.29, 1.82) is 0 Å². The Hall–Kier alpha value is -1.20. The van der Waals surface area contributed by atoms with Crippen LogP contribution in [0.25, 0.3) is 0 Å². The van der Waals surface area contributed by atoms with Gasteiger partial charge in [0.1, 0.15) is 5.75 Å². The largest absolute Gasteiger partial charge is 0.493 e. The number of nitrogens with two attached hydrogens (primary N) is 1. The normalized spacial score (nSPS) is 12.1. The first-order valence-electron chi connectivity index (χ1n) is 5.87. The summed E-state index contributed by atoms with van der Waals surface area (Å²) in [4.78, 5) is 10.8. The van der Waals surface area contributed by atoms with Crippen LogP contribution in [-0.2, 0) is 0 Å². The van der Waals surface area contributed by atoms with Gasteiger partial charge in [-0.05, 0) is 36.4 Å². The predicted molar refractivity (Wildman–Crippen MR) is 74.4 cm³/mol. The molecular weight excluding hydrogens is 250 g/mol. The maximum Gasteiger partial charge on any atom is 0.335 e. The number of carboxylic acid groups (broad SMARTS) is 1. The van der Waals surface area contributed by atoms with Crippen LogP contribution in [0, 0.1) is 5.92 Å². The Labute approximate surface area is 112 Å². The Morgan fingerprint density at radius 3 is 3.00 bits per heavy atom. The third-order valence-electron chi connectivity index (χ3n) is 2.38. The Bertz CT molecular complexity index is 384. The van der Waals surface area contributed by atoms with Crippen LogP contribution in [0.4, 0.5) is 0 Å². The highest BCUT2D eigenvalue weighted by Gasteiger charge is 2.04. The summed E-state index contributed by atoms with van der Waals surface area (Å²) in [5.41, 5.74) is 5.77. The van der Waals surface area contributed by atoms with E-state index < -0.39 is 5.97 Å². The molecule has 18 heavy (non-hydrogen) atoms. The molecule has 0 aromatic heterocycles. The van der Waals surface area contributed by atoms with Gasteiger partial charge in [-0.25, -0.2) is 4.79 Å². The minimum atomic E-state index is -0.938. The van der Waals surface area contributed by atoms with Gasteiger partial charge >= 0.3 is 5.97 Å². The zero-order valence-electron chi connectivity index (χ0n) is 10.5. The van der Waals surface area contributed by atoms with Gasteiger partial charge in [-0.3, -0.25) is 0 Å². The first kappa shape index (κ1) is 14.9. The van der Waals surface area contributed by atoms with Crippen molar-refractivity contribution in [2.24, 2.45) is 11.7 Å². The summed E-state index contributed by atoms with van der Waals surface area (Å²) in [5, 5.41) is 8.84. The fraction of sp³-hybridized carbons (Fsp3) is 0.462. The molecule has 5 heteroatoms. The zero-order chi connectivity index (χ0) is 13.4. The molecule has 1 aromatic carbocycles. The lowest BCUT2D eigenvalue weighted by atomic mass is 10.2. The second-order valence-electron chi connectivity index (χ2n) is 4.10. The molecule has 1 rings (SSSR count). The van der Waals surface area contributed by atoms with Gasteiger partial charge in [-0.1, -0.05) is 13.0 Å². The van der Waals surface area contributed by atoms with Gasteiger partial charge in [-0.15, -0.1) is 0 Å². The number of carbonyl (C=O) groups is 1. The summed E-state index contributed by atoms with van der Waals surface area (Å²) < 4.78 is 5.50. The van der Waals surface area contributed by atoms with Crippen LogP contribution in [0.5, 0.6) is 5.75 Å². The summed E-state index contributed by atoms with van der Waals surface area (Å²) in [6, 6.07) is 6.53. The Morgan fingerprint density at radius 2 is 2.33 bits per heavy atom. The zero-order valence-corrected chi connectivity index (χ0v) is 11.3. The van der Waals surface area contributed by atoms with Crippen LogP contribution in [-0.4, -0.2) is 35.7 Å². The van der Waals surface area contributed by atoms with Crippen molar-refractivity contribution < 1.29 is 14.6 Å².